The molecular weight excluding hydrogens is 408 g/mol. The molecule has 0 aliphatic heterocycles. The number of nitrogens with zero attached hydrogens (tertiary/aromatic N) is 2. The van der Waals surface area contributed by atoms with Gasteiger partial charge in [0.15, 0.2) is 0 Å². The molecule has 1 heterocycles. The molecular formula is C14H12Cl2IN3. The number of anilines is 1. The van der Waals surface area contributed by atoms with E-state index in [0.29, 0.717) is 34.0 Å². The quantitative estimate of drug-likeness (QED) is 0.748. The third-order valence-electron chi connectivity index (χ3n) is 3.31. The molecule has 1 aromatic carbocycles. The number of nitrogen functional groups attached to an aromatic ring is 1. The highest BCUT2D eigenvalue weighted by molar-refractivity contribution is 14.1. The van der Waals surface area contributed by atoms with E-state index in [1.54, 1.807) is 0 Å². The molecule has 0 radical (unpaired) electrons. The minimum Gasteiger partial charge on any atom is -0.383 e. The lowest BCUT2D eigenvalue weighted by atomic mass is 10.1. The molecule has 1 aliphatic rings. The number of hydrogen-bond donors (Lipinski definition) is 1. The SMILES string of the molecule is Nc1nc(Cc2c(Cl)cccc2Cl)nc(C2CC2)c1I. The predicted octanol–water partition coefficient (Wildman–Crippen LogP) is 4.44. The van der Waals surface area contributed by atoms with E-state index in [-0.39, 0.29) is 0 Å². The van der Waals surface area contributed by atoms with E-state index in [1.807, 2.05) is 18.2 Å². The Bertz CT molecular complexity index is 651. The van der Waals surface area contributed by atoms with Crippen molar-refractivity contribution in [2.75, 3.05) is 5.73 Å². The fourth-order valence-electron chi connectivity index (χ4n) is 2.10. The zero-order valence-electron chi connectivity index (χ0n) is 10.5. The Morgan fingerprint density at radius 3 is 2.45 bits per heavy atom. The van der Waals surface area contributed by atoms with Crippen LogP contribution in [0.1, 0.15) is 35.8 Å². The largest absolute Gasteiger partial charge is 0.383 e. The minimum absolute atomic E-state index is 0.499. The van der Waals surface area contributed by atoms with Crippen LogP contribution in [0.5, 0.6) is 0 Å². The van der Waals surface area contributed by atoms with Crippen molar-refractivity contribution >= 4 is 51.6 Å². The van der Waals surface area contributed by atoms with Crippen molar-refractivity contribution in [2.24, 2.45) is 0 Å². The molecule has 0 bridgehead atoms. The van der Waals surface area contributed by atoms with E-state index >= 15 is 0 Å². The lowest BCUT2D eigenvalue weighted by Crippen LogP contribution is -2.07. The van der Waals surface area contributed by atoms with Crippen LogP contribution in [0.3, 0.4) is 0 Å². The van der Waals surface area contributed by atoms with Crippen LogP contribution in [-0.2, 0) is 6.42 Å². The van der Waals surface area contributed by atoms with Crippen LogP contribution in [-0.4, -0.2) is 9.97 Å². The maximum atomic E-state index is 6.19. The van der Waals surface area contributed by atoms with Crippen molar-refractivity contribution < 1.29 is 0 Å². The van der Waals surface area contributed by atoms with Crippen LogP contribution in [0, 0.1) is 3.57 Å². The number of rotatable bonds is 3. The van der Waals surface area contributed by atoms with Crippen molar-refractivity contribution in [3.63, 3.8) is 0 Å². The monoisotopic (exact) mass is 419 g/mol. The standard InChI is InChI=1S/C14H12Cl2IN3/c15-9-2-1-3-10(16)8(9)6-11-19-13(7-4-5-7)12(17)14(18)20-11/h1-3,7H,4-6H2,(H2,18,19,20). The van der Waals surface area contributed by atoms with Crippen molar-refractivity contribution in [1.82, 2.24) is 9.97 Å². The molecule has 0 unspecified atom stereocenters. The van der Waals surface area contributed by atoms with Gasteiger partial charge in [0.05, 0.1) is 9.26 Å². The number of aromatic nitrogens is 2. The van der Waals surface area contributed by atoms with Crippen molar-refractivity contribution in [3.8, 4) is 0 Å². The normalized spacial score (nSPS) is 14.6. The molecule has 0 amide bonds. The van der Waals surface area contributed by atoms with E-state index in [2.05, 4.69) is 32.6 Å². The first kappa shape index (κ1) is 14.4. The predicted molar refractivity (Wildman–Crippen MR) is 90.4 cm³/mol. The van der Waals surface area contributed by atoms with Gasteiger partial charge < -0.3 is 5.73 Å². The van der Waals surface area contributed by atoms with E-state index in [0.717, 1.165) is 14.8 Å². The summed E-state index contributed by atoms with van der Waals surface area (Å²) < 4.78 is 0.971. The molecule has 0 saturated heterocycles. The van der Waals surface area contributed by atoms with Gasteiger partial charge in [-0.1, -0.05) is 29.3 Å². The topological polar surface area (TPSA) is 51.8 Å². The number of benzene rings is 1. The fourth-order valence-corrected chi connectivity index (χ4v) is 3.31. The van der Waals surface area contributed by atoms with Crippen molar-refractivity contribution in [1.29, 1.82) is 0 Å². The summed E-state index contributed by atoms with van der Waals surface area (Å²) in [6, 6.07) is 5.47. The molecule has 1 saturated carbocycles. The van der Waals surface area contributed by atoms with Crippen LogP contribution >= 0.6 is 45.8 Å². The first-order valence-electron chi connectivity index (χ1n) is 6.31. The van der Waals surface area contributed by atoms with E-state index < -0.39 is 0 Å². The van der Waals surface area contributed by atoms with Gasteiger partial charge in [-0.15, -0.1) is 0 Å². The van der Waals surface area contributed by atoms with Gasteiger partial charge in [-0.2, -0.15) is 0 Å². The molecule has 1 aliphatic carbocycles. The third kappa shape index (κ3) is 2.87. The summed E-state index contributed by atoms with van der Waals surface area (Å²) in [5.41, 5.74) is 7.90. The zero-order valence-corrected chi connectivity index (χ0v) is 14.2. The number of nitrogens with two attached hydrogens (primary N) is 1. The van der Waals surface area contributed by atoms with Gasteiger partial charge in [-0.3, -0.25) is 0 Å². The molecule has 20 heavy (non-hydrogen) atoms. The molecule has 0 atom stereocenters. The van der Waals surface area contributed by atoms with Crippen LogP contribution in [0.4, 0.5) is 5.82 Å². The Morgan fingerprint density at radius 2 is 1.85 bits per heavy atom. The highest BCUT2D eigenvalue weighted by Gasteiger charge is 2.29. The second-order valence-electron chi connectivity index (χ2n) is 4.88. The molecule has 6 heteroatoms. The maximum Gasteiger partial charge on any atom is 0.140 e. The molecule has 3 rings (SSSR count). The molecule has 2 aromatic rings. The Kier molecular flexibility index (Phi) is 4.06. The second kappa shape index (κ2) is 5.66. The maximum absolute atomic E-state index is 6.19. The van der Waals surface area contributed by atoms with Crippen LogP contribution in [0.2, 0.25) is 10.0 Å². The molecule has 1 fully saturated rings. The summed E-state index contributed by atoms with van der Waals surface area (Å²) in [7, 11) is 0. The Morgan fingerprint density at radius 1 is 1.20 bits per heavy atom. The lowest BCUT2D eigenvalue weighted by molar-refractivity contribution is 0.894. The first-order valence-corrected chi connectivity index (χ1v) is 8.14. The highest BCUT2D eigenvalue weighted by atomic mass is 127. The van der Waals surface area contributed by atoms with Gasteiger partial charge in [-0.25, -0.2) is 9.97 Å². The summed E-state index contributed by atoms with van der Waals surface area (Å²) in [5.74, 6) is 1.76. The van der Waals surface area contributed by atoms with Gasteiger partial charge >= 0.3 is 0 Å². The lowest BCUT2D eigenvalue weighted by Gasteiger charge is -2.10. The summed E-state index contributed by atoms with van der Waals surface area (Å²) in [6.07, 6.45) is 2.86. The van der Waals surface area contributed by atoms with Crippen molar-refractivity contribution in [2.45, 2.75) is 25.2 Å². The fraction of sp³-hybridized carbons (Fsp3) is 0.286. The van der Waals surface area contributed by atoms with Crippen LogP contribution in [0.25, 0.3) is 0 Å². The summed E-state index contributed by atoms with van der Waals surface area (Å²) in [5, 5.41) is 1.26. The molecule has 0 spiro atoms. The van der Waals surface area contributed by atoms with Gasteiger partial charge in [-0.05, 0) is 53.1 Å². The second-order valence-corrected chi connectivity index (χ2v) is 6.77. The molecule has 1 aromatic heterocycles. The van der Waals surface area contributed by atoms with Gasteiger partial charge in [0.25, 0.3) is 0 Å². The van der Waals surface area contributed by atoms with Crippen molar-refractivity contribution in [3.05, 3.63) is 48.9 Å². The summed E-state index contributed by atoms with van der Waals surface area (Å²) in [6.45, 7) is 0. The van der Waals surface area contributed by atoms with E-state index in [9.17, 15) is 0 Å². The summed E-state index contributed by atoms with van der Waals surface area (Å²) in [4.78, 5) is 9.02. The number of halogens is 3. The third-order valence-corrected chi connectivity index (χ3v) is 5.12. The summed E-state index contributed by atoms with van der Waals surface area (Å²) >= 11 is 14.6. The van der Waals surface area contributed by atoms with Gasteiger partial charge in [0.1, 0.15) is 11.6 Å². The smallest absolute Gasteiger partial charge is 0.140 e. The van der Waals surface area contributed by atoms with Crippen LogP contribution in [0.15, 0.2) is 18.2 Å². The highest BCUT2D eigenvalue weighted by Crippen LogP contribution is 2.42. The molecule has 104 valence electrons. The van der Waals surface area contributed by atoms with Gasteiger partial charge in [0, 0.05) is 22.4 Å². The van der Waals surface area contributed by atoms with Crippen LogP contribution < -0.4 is 5.73 Å². The number of hydrogen-bond acceptors (Lipinski definition) is 3. The average molecular weight is 420 g/mol. The Balaban J connectivity index is 1.99. The van der Waals surface area contributed by atoms with Gasteiger partial charge in [0.2, 0.25) is 0 Å². The van der Waals surface area contributed by atoms with E-state index in [4.69, 9.17) is 28.9 Å². The Hall–Kier alpha value is -0.590. The Labute approximate surface area is 141 Å². The minimum atomic E-state index is 0.499. The molecule has 3 nitrogen and oxygen atoms in total. The van der Waals surface area contributed by atoms with E-state index in [1.165, 1.54) is 12.8 Å². The molecule has 2 N–H and O–H groups in total. The zero-order chi connectivity index (χ0) is 14.3. The first-order chi connectivity index (χ1) is 9.56. The average Bonchev–Trinajstić information content (AvgIpc) is 3.22.